The fourth-order valence-corrected chi connectivity index (χ4v) is 4.52. The Hall–Kier alpha value is -3.39. The first kappa shape index (κ1) is 25.7. The van der Waals surface area contributed by atoms with Crippen LogP contribution >= 0.6 is 0 Å². The van der Waals surface area contributed by atoms with Crippen LogP contribution in [0.15, 0.2) is 48.5 Å². The van der Waals surface area contributed by atoms with E-state index >= 15 is 0 Å². The number of carbonyl (C=O) groups excluding carboxylic acids is 3. The van der Waals surface area contributed by atoms with Crippen LogP contribution in [0.25, 0.3) is 0 Å². The molecule has 36 heavy (non-hydrogen) atoms. The summed E-state index contributed by atoms with van der Waals surface area (Å²) < 4.78 is 11.9. The van der Waals surface area contributed by atoms with E-state index in [-0.39, 0.29) is 48.3 Å². The number of anilines is 1. The molecule has 8 heteroatoms. The van der Waals surface area contributed by atoms with E-state index in [1.54, 1.807) is 61.5 Å². The summed E-state index contributed by atoms with van der Waals surface area (Å²) in [6, 6.07) is 13.8. The fraction of sp³-hybridized carbons (Fsp3) is 0.464. The molecular weight excluding hydrogens is 458 g/mol. The zero-order chi connectivity index (χ0) is 25.8. The Morgan fingerprint density at radius 2 is 1.78 bits per heavy atom. The summed E-state index contributed by atoms with van der Waals surface area (Å²) in [6.07, 6.45) is 1.62. The number of amides is 3. The highest BCUT2D eigenvalue weighted by Crippen LogP contribution is 2.33. The van der Waals surface area contributed by atoms with Gasteiger partial charge in [0.1, 0.15) is 12.4 Å². The molecule has 1 fully saturated rings. The van der Waals surface area contributed by atoms with Crippen molar-refractivity contribution in [3.8, 4) is 5.75 Å². The first-order valence-electron chi connectivity index (χ1n) is 12.5. The number of rotatable bonds is 4. The molecule has 0 spiro atoms. The molecule has 0 bridgehead atoms. The van der Waals surface area contributed by atoms with Gasteiger partial charge in [-0.15, -0.1) is 0 Å². The predicted octanol–water partition coefficient (Wildman–Crippen LogP) is 3.68. The van der Waals surface area contributed by atoms with Gasteiger partial charge in [0.2, 0.25) is 5.91 Å². The van der Waals surface area contributed by atoms with Crippen LogP contribution in [0.5, 0.6) is 5.75 Å². The number of benzene rings is 2. The van der Waals surface area contributed by atoms with E-state index in [9.17, 15) is 14.4 Å². The van der Waals surface area contributed by atoms with Crippen LogP contribution in [0.3, 0.4) is 0 Å². The molecule has 192 valence electrons. The third-order valence-electron chi connectivity index (χ3n) is 6.95. The maximum atomic E-state index is 13.5. The topological polar surface area (TPSA) is 88.2 Å². The lowest BCUT2D eigenvalue weighted by Gasteiger charge is -2.36. The van der Waals surface area contributed by atoms with E-state index in [4.69, 9.17) is 9.47 Å². The second-order valence-electron chi connectivity index (χ2n) is 9.89. The molecular formula is C28H35N3O5. The molecule has 0 radical (unpaired) electrons. The minimum Gasteiger partial charge on any atom is -0.491 e. The molecule has 2 aliphatic rings. The number of nitrogens with one attached hydrogen (secondary N) is 1. The van der Waals surface area contributed by atoms with Crippen molar-refractivity contribution in [3.05, 3.63) is 59.7 Å². The Morgan fingerprint density at radius 1 is 1.06 bits per heavy atom. The summed E-state index contributed by atoms with van der Waals surface area (Å²) >= 11 is 0. The Balaban J connectivity index is 1.63. The van der Waals surface area contributed by atoms with Crippen LogP contribution in [-0.2, 0) is 9.53 Å². The Morgan fingerprint density at radius 3 is 2.44 bits per heavy atom. The summed E-state index contributed by atoms with van der Waals surface area (Å²) in [4.78, 5) is 42.8. The molecule has 1 aliphatic heterocycles. The van der Waals surface area contributed by atoms with E-state index in [1.807, 2.05) is 24.8 Å². The van der Waals surface area contributed by atoms with Crippen molar-refractivity contribution in [2.45, 2.75) is 38.8 Å². The van der Waals surface area contributed by atoms with Gasteiger partial charge < -0.3 is 24.6 Å². The van der Waals surface area contributed by atoms with E-state index in [2.05, 4.69) is 5.32 Å². The smallest absolute Gasteiger partial charge is 0.257 e. The average Bonchev–Trinajstić information content (AvgIpc) is 3.74. The van der Waals surface area contributed by atoms with Crippen LogP contribution in [0.1, 0.15) is 47.4 Å². The molecule has 1 aliphatic carbocycles. The lowest BCUT2D eigenvalue weighted by molar-refractivity contribution is -0.136. The molecule has 1 heterocycles. The van der Waals surface area contributed by atoms with Crippen molar-refractivity contribution < 1.29 is 23.9 Å². The quantitative estimate of drug-likeness (QED) is 0.702. The first-order chi connectivity index (χ1) is 17.3. The van der Waals surface area contributed by atoms with Gasteiger partial charge in [-0.3, -0.25) is 14.4 Å². The number of nitrogens with zero attached hydrogens (tertiary/aromatic N) is 2. The lowest BCUT2D eigenvalue weighted by Crippen LogP contribution is -2.49. The van der Waals surface area contributed by atoms with E-state index in [1.165, 1.54) is 0 Å². The van der Waals surface area contributed by atoms with Crippen LogP contribution in [0.2, 0.25) is 0 Å². The van der Waals surface area contributed by atoms with E-state index < -0.39 is 0 Å². The SMILES string of the molecule is CO[C@H]1CN(C)C(=O)c2cc(NC(=O)c3ccccc3)ccc2OC[C@@H](C)N(C(=O)C2CC2)C[C@H]1C. The summed E-state index contributed by atoms with van der Waals surface area (Å²) in [5.74, 6) is 0.203. The second kappa shape index (κ2) is 11.1. The zero-order valence-electron chi connectivity index (χ0n) is 21.4. The largest absolute Gasteiger partial charge is 0.491 e. The van der Waals surface area contributed by atoms with Gasteiger partial charge in [0, 0.05) is 50.3 Å². The van der Waals surface area contributed by atoms with Gasteiger partial charge in [-0.1, -0.05) is 25.1 Å². The maximum absolute atomic E-state index is 13.5. The molecule has 1 N–H and O–H groups in total. The number of likely N-dealkylation sites (N-methyl/N-ethyl adjacent to an activating group) is 1. The molecule has 0 aromatic heterocycles. The molecule has 1 saturated carbocycles. The zero-order valence-corrected chi connectivity index (χ0v) is 21.4. The van der Waals surface area contributed by atoms with Crippen molar-refractivity contribution in [1.29, 1.82) is 0 Å². The molecule has 3 amide bonds. The average molecular weight is 494 g/mol. The number of hydrogen-bond acceptors (Lipinski definition) is 5. The van der Waals surface area contributed by atoms with Gasteiger partial charge in [-0.25, -0.2) is 0 Å². The molecule has 8 nitrogen and oxygen atoms in total. The van der Waals surface area contributed by atoms with Gasteiger partial charge in [0.25, 0.3) is 11.8 Å². The fourth-order valence-electron chi connectivity index (χ4n) is 4.52. The van der Waals surface area contributed by atoms with Crippen molar-refractivity contribution in [2.24, 2.45) is 11.8 Å². The molecule has 2 aromatic rings. The van der Waals surface area contributed by atoms with Gasteiger partial charge in [0.05, 0.1) is 17.7 Å². The summed E-state index contributed by atoms with van der Waals surface area (Å²) in [7, 11) is 3.36. The summed E-state index contributed by atoms with van der Waals surface area (Å²) in [5.41, 5.74) is 1.37. The maximum Gasteiger partial charge on any atom is 0.257 e. The second-order valence-corrected chi connectivity index (χ2v) is 9.89. The number of carbonyl (C=O) groups is 3. The Kier molecular flexibility index (Phi) is 7.94. The van der Waals surface area contributed by atoms with Crippen molar-refractivity contribution in [2.75, 3.05) is 39.2 Å². The predicted molar refractivity (Wildman–Crippen MR) is 137 cm³/mol. The van der Waals surface area contributed by atoms with E-state index in [0.29, 0.717) is 35.7 Å². The normalized spacial score (nSPS) is 23.1. The highest BCUT2D eigenvalue weighted by Gasteiger charge is 2.37. The molecule has 2 aromatic carbocycles. The third-order valence-corrected chi connectivity index (χ3v) is 6.95. The summed E-state index contributed by atoms with van der Waals surface area (Å²) in [5, 5.41) is 2.86. The van der Waals surface area contributed by atoms with Crippen molar-refractivity contribution in [3.63, 3.8) is 0 Å². The van der Waals surface area contributed by atoms with Gasteiger partial charge in [-0.2, -0.15) is 0 Å². The Bertz CT molecular complexity index is 1100. The van der Waals surface area contributed by atoms with Crippen molar-refractivity contribution in [1.82, 2.24) is 9.80 Å². The molecule has 0 unspecified atom stereocenters. The standard InChI is InChI=1S/C28H35N3O5/c1-18-15-31(27(33)21-10-11-21)19(2)17-36-24-13-12-22(29-26(32)20-8-6-5-7-9-20)14-23(24)28(34)30(3)16-25(18)35-4/h5-9,12-14,18-19,21,25H,10-11,15-17H2,1-4H3,(H,29,32)/t18-,19-,25+/m1/s1. The third kappa shape index (κ3) is 5.87. The van der Waals surface area contributed by atoms with Gasteiger partial charge in [-0.05, 0) is 50.1 Å². The van der Waals surface area contributed by atoms with Crippen molar-refractivity contribution >= 4 is 23.4 Å². The number of methoxy groups -OCH3 is 1. The van der Waals surface area contributed by atoms with Crippen LogP contribution in [0.4, 0.5) is 5.69 Å². The van der Waals surface area contributed by atoms with Crippen LogP contribution in [0, 0.1) is 11.8 Å². The molecule has 3 atom stereocenters. The highest BCUT2D eigenvalue weighted by molar-refractivity contribution is 6.05. The monoisotopic (exact) mass is 493 g/mol. The number of fused-ring (bicyclic) bond motifs is 1. The number of ether oxygens (including phenoxy) is 2. The Labute approximate surface area is 212 Å². The van der Waals surface area contributed by atoms with E-state index in [0.717, 1.165) is 12.8 Å². The number of hydrogen-bond donors (Lipinski definition) is 1. The lowest BCUT2D eigenvalue weighted by atomic mass is 10.0. The molecule has 4 rings (SSSR count). The van der Waals surface area contributed by atoms with Crippen LogP contribution < -0.4 is 10.1 Å². The molecule has 0 saturated heterocycles. The summed E-state index contributed by atoms with van der Waals surface area (Å²) in [6.45, 7) is 5.17. The minimum absolute atomic E-state index is 0.0193. The van der Waals surface area contributed by atoms with Crippen LogP contribution in [-0.4, -0.2) is 73.5 Å². The van der Waals surface area contributed by atoms with Gasteiger partial charge >= 0.3 is 0 Å². The highest BCUT2D eigenvalue weighted by atomic mass is 16.5. The first-order valence-corrected chi connectivity index (χ1v) is 12.5. The van der Waals surface area contributed by atoms with Gasteiger partial charge in [0.15, 0.2) is 0 Å². The minimum atomic E-state index is -0.262.